The van der Waals surface area contributed by atoms with Crippen molar-refractivity contribution < 1.29 is 0 Å². The summed E-state index contributed by atoms with van der Waals surface area (Å²) in [7, 11) is 0. The van der Waals surface area contributed by atoms with Crippen molar-refractivity contribution in [3.8, 4) is 0 Å². The number of hydrogen-bond acceptors (Lipinski definition) is 2. The number of allylic oxidation sites excluding steroid dienone is 4. The number of nitrogens with zero attached hydrogens (tertiary/aromatic N) is 3. The van der Waals surface area contributed by atoms with E-state index in [9.17, 15) is 0 Å². The van der Waals surface area contributed by atoms with Crippen LogP contribution in [0, 0.1) is 5.92 Å². The van der Waals surface area contributed by atoms with Crippen molar-refractivity contribution in [3.05, 3.63) is 42.5 Å². The van der Waals surface area contributed by atoms with Gasteiger partial charge in [-0.2, -0.15) is 0 Å². The van der Waals surface area contributed by atoms with Crippen molar-refractivity contribution in [2.45, 2.75) is 13.3 Å². The minimum atomic E-state index is 0.624. The Bertz CT molecular complexity index is 578. The largest absolute Gasteiger partial charge is 0.213 e. The molecule has 1 aromatic carbocycles. The Morgan fingerprint density at radius 2 is 2.19 bits per heavy atom. The van der Waals surface area contributed by atoms with Crippen LogP contribution in [0.25, 0.3) is 16.7 Å². The van der Waals surface area contributed by atoms with Gasteiger partial charge in [-0.1, -0.05) is 36.4 Å². The summed E-state index contributed by atoms with van der Waals surface area (Å²) >= 11 is 0. The molecule has 0 saturated carbocycles. The Labute approximate surface area is 94.1 Å². The van der Waals surface area contributed by atoms with E-state index in [1.807, 2.05) is 28.9 Å². The Balaban J connectivity index is 2.10. The average Bonchev–Trinajstić information content (AvgIpc) is 2.74. The fourth-order valence-corrected chi connectivity index (χ4v) is 1.93. The molecule has 1 heterocycles. The molecule has 0 bridgehead atoms. The van der Waals surface area contributed by atoms with Gasteiger partial charge in [0.25, 0.3) is 0 Å². The molecule has 3 rings (SSSR count). The van der Waals surface area contributed by atoms with Crippen LogP contribution in [0.15, 0.2) is 42.5 Å². The zero-order chi connectivity index (χ0) is 11.0. The molecule has 0 saturated heterocycles. The van der Waals surface area contributed by atoms with E-state index < -0.39 is 0 Å². The van der Waals surface area contributed by atoms with Crippen LogP contribution in [-0.4, -0.2) is 15.0 Å². The smallest absolute Gasteiger partial charge is 0.113 e. The van der Waals surface area contributed by atoms with Gasteiger partial charge in [-0.3, -0.25) is 0 Å². The molecule has 0 fully saturated rings. The number of rotatable bonds is 1. The molecule has 0 radical (unpaired) electrons. The molecule has 16 heavy (non-hydrogen) atoms. The zero-order valence-corrected chi connectivity index (χ0v) is 9.17. The Kier molecular flexibility index (Phi) is 2.10. The maximum atomic E-state index is 4.19. The number of benzene rings is 1. The summed E-state index contributed by atoms with van der Waals surface area (Å²) in [5.41, 5.74) is 3.12. The van der Waals surface area contributed by atoms with Crippen molar-refractivity contribution in [1.29, 1.82) is 0 Å². The van der Waals surface area contributed by atoms with Gasteiger partial charge in [-0.05, 0) is 30.5 Å². The molecule has 3 heteroatoms. The summed E-state index contributed by atoms with van der Waals surface area (Å²) in [6, 6.07) is 8.02. The first-order valence-electron chi connectivity index (χ1n) is 5.54. The fourth-order valence-electron chi connectivity index (χ4n) is 1.93. The first-order valence-corrected chi connectivity index (χ1v) is 5.54. The molecule has 1 aliphatic carbocycles. The third kappa shape index (κ3) is 1.45. The van der Waals surface area contributed by atoms with E-state index in [4.69, 9.17) is 0 Å². The minimum Gasteiger partial charge on any atom is -0.213 e. The van der Waals surface area contributed by atoms with Crippen LogP contribution < -0.4 is 0 Å². The normalized spacial score (nSPS) is 20.1. The molecule has 0 N–H and O–H groups in total. The summed E-state index contributed by atoms with van der Waals surface area (Å²) in [6.45, 7) is 2.21. The van der Waals surface area contributed by atoms with Gasteiger partial charge in [0.15, 0.2) is 0 Å². The van der Waals surface area contributed by atoms with E-state index in [2.05, 4.69) is 35.5 Å². The second-order valence-corrected chi connectivity index (χ2v) is 4.19. The van der Waals surface area contributed by atoms with Crippen molar-refractivity contribution in [1.82, 2.24) is 15.0 Å². The third-order valence-electron chi connectivity index (χ3n) is 2.89. The fraction of sp³-hybridized carbons (Fsp3) is 0.231. The van der Waals surface area contributed by atoms with Crippen LogP contribution in [0.2, 0.25) is 0 Å². The molecule has 1 aromatic heterocycles. The lowest BCUT2D eigenvalue weighted by atomic mass is 10.0. The highest BCUT2D eigenvalue weighted by Gasteiger charge is 2.09. The van der Waals surface area contributed by atoms with E-state index in [0.717, 1.165) is 23.2 Å². The molecule has 2 aromatic rings. The van der Waals surface area contributed by atoms with Crippen molar-refractivity contribution in [2.75, 3.05) is 0 Å². The van der Waals surface area contributed by atoms with E-state index in [0.29, 0.717) is 5.92 Å². The van der Waals surface area contributed by atoms with Crippen molar-refractivity contribution >= 4 is 16.7 Å². The first kappa shape index (κ1) is 9.33. The summed E-state index contributed by atoms with van der Waals surface area (Å²) in [6.07, 6.45) is 7.62. The predicted octanol–water partition coefficient (Wildman–Crippen LogP) is 2.87. The molecule has 0 unspecified atom stereocenters. The summed E-state index contributed by atoms with van der Waals surface area (Å²) in [4.78, 5) is 0. The number of fused-ring (bicyclic) bond motifs is 1. The highest BCUT2D eigenvalue weighted by molar-refractivity contribution is 5.79. The van der Waals surface area contributed by atoms with Crippen LogP contribution in [0.3, 0.4) is 0 Å². The number of para-hydroxylation sites is 1. The van der Waals surface area contributed by atoms with Crippen LogP contribution in [-0.2, 0) is 0 Å². The molecule has 0 aliphatic heterocycles. The predicted molar refractivity (Wildman–Crippen MR) is 64.7 cm³/mol. The second kappa shape index (κ2) is 3.59. The zero-order valence-electron chi connectivity index (χ0n) is 9.17. The van der Waals surface area contributed by atoms with E-state index in [1.165, 1.54) is 0 Å². The molecule has 80 valence electrons. The van der Waals surface area contributed by atoms with Gasteiger partial charge >= 0.3 is 0 Å². The Morgan fingerprint density at radius 1 is 1.31 bits per heavy atom. The summed E-state index contributed by atoms with van der Waals surface area (Å²) in [5.74, 6) is 0.624. The Hall–Kier alpha value is -1.90. The topological polar surface area (TPSA) is 30.7 Å². The monoisotopic (exact) mass is 211 g/mol. The third-order valence-corrected chi connectivity index (χ3v) is 2.89. The molecule has 1 aliphatic rings. The second-order valence-electron chi connectivity index (χ2n) is 4.19. The first-order chi connectivity index (χ1) is 7.84. The van der Waals surface area contributed by atoms with Crippen LogP contribution in [0.1, 0.15) is 13.3 Å². The maximum Gasteiger partial charge on any atom is 0.113 e. The highest BCUT2D eigenvalue weighted by atomic mass is 15.4. The van der Waals surface area contributed by atoms with E-state index >= 15 is 0 Å². The van der Waals surface area contributed by atoms with E-state index in [1.54, 1.807) is 0 Å². The van der Waals surface area contributed by atoms with E-state index in [-0.39, 0.29) is 0 Å². The van der Waals surface area contributed by atoms with Gasteiger partial charge < -0.3 is 0 Å². The van der Waals surface area contributed by atoms with Gasteiger partial charge in [0.2, 0.25) is 0 Å². The summed E-state index contributed by atoms with van der Waals surface area (Å²) in [5, 5.41) is 8.34. The van der Waals surface area contributed by atoms with Crippen molar-refractivity contribution in [2.24, 2.45) is 5.92 Å². The van der Waals surface area contributed by atoms with Crippen LogP contribution >= 0.6 is 0 Å². The SMILES string of the molecule is C[C@@H]1C=CC(n2nnc3ccccc32)=CC1. The lowest BCUT2D eigenvalue weighted by Crippen LogP contribution is -2.02. The van der Waals surface area contributed by atoms with Crippen LogP contribution in [0.4, 0.5) is 0 Å². The number of aromatic nitrogens is 3. The van der Waals surface area contributed by atoms with Gasteiger partial charge in [0.1, 0.15) is 5.52 Å². The maximum absolute atomic E-state index is 4.19. The molecular weight excluding hydrogens is 198 g/mol. The average molecular weight is 211 g/mol. The lowest BCUT2D eigenvalue weighted by Gasteiger charge is -2.11. The molecular formula is C13H13N3. The lowest BCUT2D eigenvalue weighted by molar-refractivity contribution is 0.727. The minimum absolute atomic E-state index is 0.624. The summed E-state index contributed by atoms with van der Waals surface area (Å²) < 4.78 is 1.90. The quantitative estimate of drug-likeness (QED) is 0.726. The highest BCUT2D eigenvalue weighted by Crippen LogP contribution is 2.21. The Morgan fingerprint density at radius 3 is 3.00 bits per heavy atom. The standard InChI is InChI=1S/C13H13N3/c1-10-6-8-11(9-7-10)16-13-5-3-2-4-12(13)14-15-16/h2-6,8-10H,7H2,1H3/t10-/m1/s1. The van der Waals surface area contributed by atoms with Gasteiger partial charge in [0.05, 0.1) is 11.2 Å². The molecule has 3 nitrogen and oxygen atoms in total. The van der Waals surface area contributed by atoms with Gasteiger partial charge in [-0.15, -0.1) is 5.10 Å². The molecule has 0 amide bonds. The van der Waals surface area contributed by atoms with Gasteiger partial charge in [-0.25, -0.2) is 4.68 Å². The van der Waals surface area contributed by atoms with Gasteiger partial charge in [0, 0.05) is 0 Å². The van der Waals surface area contributed by atoms with Crippen LogP contribution in [0.5, 0.6) is 0 Å². The van der Waals surface area contributed by atoms with Crippen molar-refractivity contribution in [3.63, 3.8) is 0 Å². The molecule has 0 spiro atoms. The molecule has 1 atom stereocenters. The number of hydrogen-bond donors (Lipinski definition) is 0.